The van der Waals surface area contributed by atoms with Crippen LogP contribution in [-0.4, -0.2) is 72.5 Å². The Bertz CT molecular complexity index is 1050. The highest BCUT2D eigenvalue weighted by Gasteiger charge is 2.18. The number of rotatable bonds is 9. The van der Waals surface area contributed by atoms with Crippen LogP contribution in [0.3, 0.4) is 0 Å². The Morgan fingerprint density at radius 2 is 1.47 bits per heavy atom. The quantitative estimate of drug-likeness (QED) is 0.478. The normalized spacial score (nSPS) is 13.9. The van der Waals surface area contributed by atoms with Crippen molar-refractivity contribution in [2.75, 3.05) is 50.7 Å². The van der Waals surface area contributed by atoms with Crippen LogP contribution in [0.25, 0.3) is 11.1 Å². The Morgan fingerprint density at radius 3 is 2.18 bits per heavy atom. The minimum Gasteiger partial charge on any atom is -0.355 e. The molecular formula is C26H30N6O2. The lowest BCUT2D eigenvalue weighted by molar-refractivity contribution is -0.120. The maximum absolute atomic E-state index is 12.4. The van der Waals surface area contributed by atoms with E-state index in [1.54, 1.807) is 24.5 Å². The van der Waals surface area contributed by atoms with E-state index in [0.29, 0.717) is 12.1 Å². The minimum atomic E-state index is -0.255. The van der Waals surface area contributed by atoms with E-state index < -0.39 is 0 Å². The van der Waals surface area contributed by atoms with Gasteiger partial charge in [-0.2, -0.15) is 0 Å². The number of piperazine rings is 1. The molecule has 0 aliphatic carbocycles. The first-order chi connectivity index (χ1) is 16.7. The molecule has 0 unspecified atom stereocenters. The van der Waals surface area contributed by atoms with E-state index in [1.807, 2.05) is 48.5 Å². The number of nitrogens with zero attached hydrogens (tertiary/aromatic N) is 4. The van der Waals surface area contributed by atoms with Crippen molar-refractivity contribution in [3.8, 4) is 11.1 Å². The fourth-order valence-electron chi connectivity index (χ4n) is 3.93. The summed E-state index contributed by atoms with van der Waals surface area (Å²) in [7, 11) is 0. The molecule has 1 saturated heterocycles. The van der Waals surface area contributed by atoms with Gasteiger partial charge in [0, 0.05) is 50.7 Å². The molecule has 1 fully saturated rings. The molecule has 4 rings (SSSR count). The summed E-state index contributed by atoms with van der Waals surface area (Å²) in [5.41, 5.74) is 2.68. The summed E-state index contributed by atoms with van der Waals surface area (Å²) in [5.74, 6) is 0.346. The van der Waals surface area contributed by atoms with Crippen molar-refractivity contribution in [1.29, 1.82) is 0 Å². The summed E-state index contributed by atoms with van der Waals surface area (Å²) in [6.07, 6.45) is 4.39. The molecule has 8 heteroatoms. The lowest BCUT2D eigenvalue weighted by Crippen LogP contribution is -2.47. The Labute approximate surface area is 200 Å². The van der Waals surface area contributed by atoms with Crippen LogP contribution in [0.15, 0.2) is 73.1 Å². The largest absolute Gasteiger partial charge is 0.355 e. The first-order valence-corrected chi connectivity index (χ1v) is 11.6. The number of hydrogen-bond acceptors (Lipinski definition) is 6. The van der Waals surface area contributed by atoms with Gasteiger partial charge in [0.15, 0.2) is 0 Å². The molecule has 0 saturated carbocycles. The molecule has 2 amide bonds. The van der Waals surface area contributed by atoms with E-state index in [-0.39, 0.29) is 18.4 Å². The van der Waals surface area contributed by atoms with Gasteiger partial charge in [-0.1, -0.05) is 42.5 Å². The van der Waals surface area contributed by atoms with Crippen LogP contribution >= 0.6 is 0 Å². The predicted octanol–water partition coefficient (Wildman–Crippen LogP) is 2.20. The van der Waals surface area contributed by atoms with Crippen LogP contribution in [0.2, 0.25) is 0 Å². The second-order valence-corrected chi connectivity index (χ2v) is 8.21. The summed E-state index contributed by atoms with van der Waals surface area (Å²) >= 11 is 0. The van der Waals surface area contributed by atoms with Crippen LogP contribution in [0.4, 0.5) is 5.95 Å². The van der Waals surface area contributed by atoms with E-state index in [9.17, 15) is 9.59 Å². The summed E-state index contributed by atoms with van der Waals surface area (Å²) in [6.45, 7) is 5.17. The van der Waals surface area contributed by atoms with Crippen LogP contribution in [0.1, 0.15) is 16.8 Å². The average Bonchev–Trinajstić information content (AvgIpc) is 2.91. The zero-order valence-corrected chi connectivity index (χ0v) is 19.2. The lowest BCUT2D eigenvalue weighted by atomic mass is 10.0. The van der Waals surface area contributed by atoms with Crippen molar-refractivity contribution in [3.63, 3.8) is 0 Å². The van der Waals surface area contributed by atoms with Gasteiger partial charge in [-0.15, -0.1) is 0 Å². The standard InChI is InChI=1S/C26H30N6O2/c33-24(20-30-25(34)23-10-8-22(9-11-23)21-6-2-1-3-7-21)27-14-5-15-31-16-18-32(19-17-31)26-28-12-4-13-29-26/h1-4,6-13H,5,14-20H2,(H,27,33)(H,30,34). The van der Waals surface area contributed by atoms with Gasteiger partial charge in [-0.05, 0) is 42.3 Å². The molecule has 1 aromatic heterocycles. The molecule has 3 aromatic rings. The fraction of sp³-hybridized carbons (Fsp3) is 0.308. The third-order valence-electron chi connectivity index (χ3n) is 5.84. The molecule has 0 bridgehead atoms. The summed E-state index contributed by atoms with van der Waals surface area (Å²) in [6, 6.07) is 19.2. The number of hydrogen-bond donors (Lipinski definition) is 2. The predicted molar refractivity (Wildman–Crippen MR) is 133 cm³/mol. The lowest BCUT2D eigenvalue weighted by Gasteiger charge is -2.34. The van der Waals surface area contributed by atoms with E-state index in [2.05, 4.69) is 30.4 Å². The Balaban J connectivity index is 1.10. The van der Waals surface area contributed by atoms with Crippen LogP contribution in [0.5, 0.6) is 0 Å². The van der Waals surface area contributed by atoms with Gasteiger partial charge in [-0.3, -0.25) is 14.5 Å². The minimum absolute atomic E-state index is 0.0327. The Morgan fingerprint density at radius 1 is 0.794 bits per heavy atom. The van der Waals surface area contributed by atoms with E-state index in [4.69, 9.17) is 0 Å². The van der Waals surface area contributed by atoms with E-state index in [1.165, 1.54) is 0 Å². The summed E-state index contributed by atoms with van der Waals surface area (Å²) < 4.78 is 0. The first kappa shape index (κ1) is 23.4. The first-order valence-electron chi connectivity index (χ1n) is 11.6. The molecule has 1 aliphatic rings. The molecule has 1 aliphatic heterocycles. The molecule has 0 spiro atoms. The van der Waals surface area contributed by atoms with E-state index >= 15 is 0 Å². The monoisotopic (exact) mass is 458 g/mol. The molecule has 176 valence electrons. The van der Waals surface area contributed by atoms with Crippen molar-refractivity contribution < 1.29 is 9.59 Å². The van der Waals surface area contributed by atoms with Crippen molar-refractivity contribution in [1.82, 2.24) is 25.5 Å². The average molecular weight is 459 g/mol. The molecule has 0 atom stereocenters. The molecular weight excluding hydrogens is 428 g/mol. The maximum atomic E-state index is 12.4. The highest BCUT2D eigenvalue weighted by Crippen LogP contribution is 2.19. The second kappa shape index (κ2) is 11.9. The molecule has 8 nitrogen and oxygen atoms in total. The van der Waals surface area contributed by atoms with Gasteiger partial charge >= 0.3 is 0 Å². The highest BCUT2D eigenvalue weighted by atomic mass is 16.2. The molecule has 2 heterocycles. The van der Waals surface area contributed by atoms with Gasteiger partial charge in [0.1, 0.15) is 0 Å². The third kappa shape index (κ3) is 6.62. The topological polar surface area (TPSA) is 90.5 Å². The van der Waals surface area contributed by atoms with Crippen LogP contribution < -0.4 is 15.5 Å². The van der Waals surface area contributed by atoms with Crippen molar-refractivity contribution in [2.24, 2.45) is 0 Å². The van der Waals surface area contributed by atoms with Crippen LogP contribution in [0, 0.1) is 0 Å². The van der Waals surface area contributed by atoms with Gasteiger partial charge in [0.2, 0.25) is 11.9 Å². The smallest absolute Gasteiger partial charge is 0.251 e. The number of carbonyl (C=O) groups excluding carboxylic acids is 2. The molecule has 2 aromatic carbocycles. The van der Waals surface area contributed by atoms with Crippen molar-refractivity contribution in [2.45, 2.75) is 6.42 Å². The molecule has 2 N–H and O–H groups in total. The van der Waals surface area contributed by atoms with E-state index in [0.717, 1.165) is 56.2 Å². The summed E-state index contributed by atoms with van der Waals surface area (Å²) in [4.78, 5) is 37.6. The Kier molecular flexibility index (Phi) is 8.18. The molecule has 34 heavy (non-hydrogen) atoms. The SMILES string of the molecule is O=C(CNC(=O)c1ccc(-c2ccccc2)cc1)NCCCN1CCN(c2ncccn2)CC1. The van der Waals surface area contributed by atoms with Crippen molar-refractivity contribution in [3.05, 3.63) is 78.6 Å². The second-order valence-electron chi connectivity index (χ2n) is 8.21. The zero-order chi connectivity index (χ0) is 23.6. The number of anilines is 1. The van der Waals surface area contributed by atoms with Gasteiger partial charge < -0.3 is 15.5 Å². The fourth-order valence-corrected chi connectivity index (χ4v) is 3.93. The van der Waals surface area contributed by atoms with Crippen LogP contribution in [-0.2, 0) is 4.79 Å². The number of benzene rings is 2. The number of amides is 2. The third-order valence-corrected chi connectivity index (χ3v) is 5.84. The maximum Gasteiger partial charge on any atom is 0.251 e. The zero-order valence-electron chi connectivity index (χ0n) is 19.2. The Hall–Kier alpha value is -3.78. The van der Waals surface area contributed by atoms with Gasteiger partial charge in [-0.25, -0.2) is 9.97 Å². The van der Waals surface area contributed by atoms with Gasteiger partial charge in [0.25, 0.3) is 5.91 Å². The number of nitrogens with one attached hydrogen (secondary N) is 2. The number of aromatic nitrogens is 2. The van der Waals surface area contributed by atoms with Crippen molar-refractivity contribution >= 4 is 17.8 Å². The highest BCUT2D eigenvalue weighted by molar-refractivity contribution is 5.96. The summed E-state index contributed by atoms with van der Waals surface area (Å²) in [5, 5.41) is 5.57. The van der Waals surface area contributed by atoms with Gasteiger partial charge in [0.05, 0.1) is 6.54 Å². The number of carbonyl (C=O) groups is 2. The molecule has 0 radical (unpaired) electrons.